The van der Waals surface area contributed by atoms with E-state index in [2.05, 4.69) is 31.5 Å². The molecule has 90 valence electrons. The van der Waals surface area contributed by atoms with Crippen LogP contribution in [0.2, 0.25) is 0 Å². The lowest BCUT2D eigenvalue weighted by atomic mass is 9.99. The number of hydrogen-bond acceptors (Lipinski definition) is 3. The molecule has 0 saturated carbocycles. The quantitative estimate of drug-likeness (QED) is 0.926. The fourth-order valence-corrected chi connectivity index (χ4v) is 3.69. The van der Waals surface area contributed by atoms with E-state index in [1.165, 1.54) is 10.6 Å². The minimum Gasteiger partial charge on any atom is -0.396 e. The molecule has 0 bridgehead atoms. The first-order valence-corrected chi connectivity index (χ1v) is 7.30. The molecule has 0 aromatic carbocycles. The monoisotopic (exact) mass is 312 g/mol. The molecule has 0 amide bonds. The van der Waals surface area contributed by atoms with Crippen LogP contribution in [0.25, 0.3) is 10.7 Å². The molecule has 1 atom stereocenters. The van der Waals surface area contributed by atoms with E-state index in [1.54, 1.807) is 11.3 Å². The van der Waals surface area contributed by atoms with Gasteiger partial charge in [-0.25, -0.2) is 4.98 Å². The van der Waals surface area contributed by atoms with Gasteiger partial charge in [0.1, 0.15) is 5.82 Å². The van der Waals surface area contributed by atoms with Gasteiger partial charge >= 0.3 is 0 Å². The van der Waals surface area contributed by atoms with E-state index >= 15 is 0 Å². The second-order valence-electron chi connectivity index (χ2n) is 4.37. The minimum atomic E-state index is 0.269. The summed E-state index contributed by atoms with van der Waals surface area (Å²) in [6, 6.07) is 4.14. The standard InChI is InChI=1S/C12H13BrN2OS/c13-11-4-3-10(17-11)12-14-5-9-2-1-8(7-16)6-15(9)12/h3-5,8,16H,1-2,6-7H2. The molecule has 0 spiro atoms. The predicted molar refractivity (Wildman–Crippen MR) is 72.1 cm³/mol. The summed E-state index contributed by atoms with van der Waals surface area (Å²) >= 11 is 5.18. The van der Waals surface area contributed by atoms with Crippen molar-refractivity contribution in [2.24, 2.45) is 5.92 Å². The van der Waals surface area contributed by atoms with Gasteiger partial charge in [-0.3, -0.25) is 0 Å². The van der Waals surface area contributed by atoms with Crippen LogP contribution in [-0.2, 0) is 13.0 Å². The zero-order valence-electron chi connectivity index (χ0n) is 9.27. The van der Waals surface area contributed by atoms with Crippen molar-refractivity contribution in [2.45, 2.75) is 19.4 Å². The van der Waals surface area contributed by atoms with E-state index < -0.39 is 0 Å². The lowest BCUT2D eigenvalue weighted by Crippen LogP contribution is -2.22. The largest absolute Gasteiger partial charge is 0.396 e. The third-order valence-corrected chi connectivity index (χ3v) is 4.86. The van der Waals surface area contributed by atoms with Gasteiger partial charge in [0.15, 0.2) is 0 Å². The van der Waals surface area contributed by atoms with Crippen molar-refractivity contribution >= 4 is 27.3 Å². The lowest BCUT2D eigenvalue weighted by Gasteiger charge is -2.23. The highest BCUT2D eigenvalue weighted by Gasteiger charge is 2.22. The average Bonchev–Trinajstić information content (AvgIpc) is 2.93. The fourth-order valence-electron chi connectivity index (χ4n) is 2.30. The Kier molecular flexibility index (Phi) is 3.06. The lowest BCUT2D eigenvalue weighted by molar-refractivity contribution is 0.192. The number of nitrogens with zero attached hydrogens (tertiary/aromatic N) is 2. The second kappa shape index (κ2) is 4.55. The van der Waals surface area contributed by atoms with Crippen LogP contribution < -0.4 is 0 Å². The SMILES string of the molecule is OCC1CCc2cnc(-c3ccc(Br)s3)n2C1. The summed E-state index contributed by atoms with van der Waals surface area (Å²) in [5, 5.41) is 9.28. The van der Waals surface area contributed by atoms with E-state index in [-0.39, 0.29) is 6.61 Å². The van der Waals surface area contributed by atoms with Crippen LogP contribution in [0.4, 0.5) is 0 Å². The molecule has 1 aliphatic rings. The van der Waals surface area contributed by atoms with Gasteiger partial charge in [0.2, 0.25) is 0 Å². The third-order valence-electron chi connectivity index (χ3n) is 3.24. The van der Waals surface area contributed by atoms with E-state index in [0.717, 1.165) is 29.0 Å². The van der Waals surface area contributed by atoms with Gasteiger partial charge in [-0.2, -0.15) is 0 Å². The Labute approximate surface area is 112 Å². The summed E-state index contributed by atoms with van der Waals surface area (Å²) in [6.45, 7) is 1.15. The van der Waals surface area contributed by atoms with Gasteiger partial charge < -0.3 is 9.67 Å². The van der Waals surface area contributed by atoms with Gasteiger partial charge in [-0.1, -0.05) is 0 Å². The van der Waals surface area contributed by atoms with Crippen molar-refractivity contribution in [3.05, 3.63) is 27.8 Å². The van der Waals surface area contributed by atoms with Gasteiger partial charge in [-0.15, -0.1) is 11.3 Å². The van der Waals surface area contributed by atoms with Gasteiger partial charge in [0.25, 0.3) is 0 Å². The molecule has 0 fully saturated rings. The Morgan fingerprint density at radius 3 is 3.12 bits per heavy atom. The Hall–Kier alpha value is -0.650. The number of imidazole rings is 1. The molecule has 1 unspecified atom stereocenters. The second-order valence-corrected chi connectivity index (χ2v) is 6.84. The number of aromatic nitrogens is 2. The normalized spacial score (nSPS) is 19.3. The number of fused-ring (bicyclic) bond motifs is 1. The number of hydrogen-bond donors (Lipinski definition) is 1. The maximum atomic E-state index is 9.28. The molecule has 2 aromatic rings. The highest BCUT2D eigenvalue weighted by atomic mass is 79.9. The number of aryl methyl sites for hydroxylation is 1. The number of aliphatic hydroxyl groups is 1. The van der Waals surface area contributed by atoms with Crippen LogP contribution >= 0.6 is 27.3 Å². The zero-order chi connectivity index (χ0) is 11.8. The molecule has 17 heavy (non-hydrogen) atoms. The molecule has 3 heterocycles. The average molecular weight is 313 g/mol. The fraction of sp³-hybridized carbons (Fsp3) is 0.417. The first kappa shape index (κ1) is 11.4. The topological polar surface area (TPSA) is 38.1 Å². The number of aliphatic hydroxyl groups excluding tert-OH is 1. The molecule has 1 N–H and O–H groups in total. The summed E-state index contributed by atoms with van der Waals surface area (Å²) in [7, 11) is 0. The molecule has 5 heteroatoms. The minimum absolute atomic E-state index is 0.269. The van der Waals surface area contributed by atoms with Crippen LogP contribution in [0.5, 0.6) is 0 Å². The smallest absolute Gasteiger partial charge is 0.150 e. The van der Waals surface area contributed by atoms with Crippen LogP contribution in [0.3, 0.4) is 0 Å². The maximum absolute atomic E-state index is 9.28. The summed E-state index contributed by atoms with van der Waals surface area (Å²) in [5.74, 6) is 1.41. The van der Waals surface area contributed by atoms with E-state index in [1.807, 2.05) is 12.3 Å². The van der Waals surface area contributed by atoms with Crippen LogP contribution in [-0.4, -0.2) is 21.3 Å². The van der Waals surface area contributed by atoms with Crippen molar-refractivity contribution in [1.29, 1.82) is 0 Å². The summed E-state index contributed by atoms with van der Waals surface area (Å²) in [6.07, 6.45) is 4.05. The maximum Gasteiger partial charge on any atom is 0.150 e. The van der Waals surface area contributed by atoms with E-state index in [9.17, 15) is 5.11 Å². The third kappa shape index (κ3) is 2.07. The molecule has 3 nitrogen and oxygen atoms in total. The molecule has 2 aromatic heterocycles. The number of thiophene rings is 1. The Morgan fingerprint density at radius 1 is 1.53 bits per heavy atom. The van der Waals surface area contributed by atoms with Crippen LogP contribution in [0.15, 0.2) is 22.1 Å². The summed E-state index contributed by atoms with van der Waals surface area (Å²) in [5.41, 5.74) is 1.29. The Morgan fingerprint density at radius 2 is 2.41 bits per heavy atom. The van der Waals surface area contributed by atoms with E-state index in [4.69, 9.17) is 0 Å². The van der Waals surface area contributed by atoms with Crippen molar-refractivity contribution in [3.63, 3.8) is 0 Å². The van der Waals surface area contributed by atoms with Crippen molar-refractivity contribution in [1.82, 2.24) is 9.55 Å². The molecule has 0 aliphatic carbocycles. The Bertz CT molecular complexity index is 534. The zero-order valence-corrected chi connectivity index (χ0v) is 11.7. The van der Waals surface area contributed by atoms with Crippen LogP contribution in [0.1, 0.15) is 12.1 Å². The Balaban J connectivity index is 2.00. The van der Waals surface area contributed by atoms with Crippen molar-refractivity contribution in [3.8, 4) is 10.7 Å². The summed E-state index contributed by atoms with van der Waals surface area (Å²) in [4.78, 5) is 5.70. The summed E-state index contributed by atoms with van der Waals surface area (Å²) < 4.78 is 3.38. The first-order valence-electron chi connectivity index (χ1n) is 5.69. The first-order chi connectivity index (χ1) is 8.28. The van der Waals surface area contributed by atoms with Crippen LogP contribution in [0, 0.1) is 5.92 Å². The van der Waals surface area contributed by atoms with Gasteiger partial charge in [0.05, 0.1) is 8.66 Å². The molecule has 0 radical (unpaired) electrons. The molecular formula is C12H13BrN2OS. The molecule has 1 aliphatic heterocycles. The molecule has 3 rings (SSSR count). The number of halogens is 1. The molecule has 0 saturated heterocycles. The highest BCUT2D eigenvalue weighted by Crippen LogP contribution is 2.33. The number of rotatable bonds is 2. The van der Waals surface area contributed by atoms with E-state index in [0.29, 0.717) is 5.92 Å². The van der Waals surface area contributed by atoms with Gasteiger partial charge in [-0.05, 0) is 40.9 Å². The predicted octanol–water partition coefficient (Wildman–Crippen LogP) is 2.93. The van der Waals surface area contributed by atoms with Crippen molar-refractivity contribution < 1.29 is 5.11 Å². The van der Waals surface area contributed by atoms with Gasteiger partial charge in [0, 0.05) is 31.0 Å². The van der Waals surface area contributed by atoms with Crippen molar-refractivity contribution in [2.75, 3.05) is 6.61 Å². The highest BCUT2D eigenvalue weighted by molar-refractivity contribution is 9.11. The molecular weight excluding hydrogens is 300 g/mol.